The Morgan fingerprint density at radius 1 is 0.944 bits per heavy atom. The average molecular weight is 499 g/mol. The summed E-state index contributed by atoms with van der Waals surface area (Å²) in [4.78, 5) is 59.8. The number of nitro groups is 1. The summed E-state index contributed by atoms with van der Waals surface area (Å²) in [5.41, 5.74) is 6.66. The Balaban J connectivity index is 2.09. The third kappa shape index (κ3) is 8.49. The molecular formula is C25H30N4O7. The number of hydrogen-bond donors (Lipinski definition) is 3. The van der Waals surface area contributed by atoms with Crippen molar-refractivity contribution in [3.63, 3.8) is 0 Å². The van der Waals surface area contributed by atoms with Gasteiger partial charge in [-0.25, -0.2) is 0 Å². The number of nitro benzene ring substituents is 1. The molecule has 4 N–H and O–H groups in total. The minimum Gasteiger partial charge on any atom is -0.466 e. The zero-order valence-corrected chi connectivity index (χ0v) is 20.1. The van der Waals surface area contributed by atoms with Gasteiger partial charge < -0.3 is 21.1 Å². The van der Waals surface area contributed by atoms with Crippen LogP contribution in [0.2, 0.25) is 0 Å². The van der Waals surface area contributed by atoms with E-state index in [1.807, 2.05) is 37.3 Å². The highest BCUT2D eigenvalue weighted by atomic mass is 16.6. The van der Waals surface area contributed by atoms with Gasteiger partial charge in [0.25, 0.3) is 5.69 Å². The third-order valence-corrected chi connectivity index (χ3v) is 5.51. The Bertz CT molecular complexity index is 1070. The number of carbonyl (C=O) groups excluding carboxylic acids is 4. The number of primary amides is 1. The van der Waals surface area contributed by atoms with Crippen LogP contribution in [0.25, 0.3) is 0 Å². The van der Waals surface area contributed by atoms with Crippen LogP contribution in [0.5, 0.6) is 0 Å². The highest BCUT2D eigenvalue weighted by Crippen LogP contribution is 2.27. The van der Waals surface area contributed by atoms with Gasteiger partial charge in [-0.1, -0.05) is 42.5 Å². The van der Waals surface area contributed by atoms with E-state index < -0.39 is 34.7 Å². The molecule has 0 saturated carbocycles. The first-order valence-corrected chi connectivity index (χ1v) is 11.4. The Hall–Kier alpha value is -4.28. The van der Waals surface area contributed by atoms with E-state index in [1.54, 1.807) is 6.92 Å². The van der Waals surface area contributed by atoms with Crippen molar-refractivity contribution in [1.29, 1.82) is 0 Å². The van der Waals surface area contributed by atoms with E-state index in [9.17, 15) is 29.3 Å². The van der Waals surface area contributed by atoms with Gasteiger partial charge in [0, 0.05) is 30.9 Å². The maximum Gasteiger partial charge on any atom is 0.306 e. The highest BCUT2D eigenvalue weighted by molar-refractivity contribution is 5.90. The number of benzene rings is 2. The van der Waals surface area contributed by atoms with Crippen LogP contribution < -0.4 is 16.4 Å². The number of esters is 1. The minimum absolute atomic E-state index is 0.107. The van der Waals surface area contributed by atoms with Crippen LogP contribution in [0.4, 0.5) is 5.69 Å². The lowest BCUT2D eigenvalue weighted by Gasteiger charge is -2.25. The Morgan fingerprint density at radius 3 is 2.06 bits per heavy atom. The quantitative estimate of drug-likeness (QED) is 0.216. The summed E-state index contributed by atoms with van der Waals surface area (Å²) >= 11 is 0. The number of nitrogens with zero attached hydrogens (tertiary/aromatic N) is 1. The van der Waals surface area contributed by atoms with Crippen LogP contribution >= 0.6 is 0 Å². The Kier molecular flexibility index (Phi) is 10.5. The van der Waals surface area contributed by atoms with Crippen LogP contribution in [-0.2, 0) is 23.9 Å². The van der Waals surface area contributed by atoms with E-state index in [0.717, 1.165) is 5.56 Å². The molecule has 3 amide bonds. The molecule has 0 unspecified atom stereocenters. The van der Waals surface area contributed by atoms with Crippen molar-refractivity contribution < 1.29 is 28.8 Å². The predicted octanol–water partition coefficient (Wildman–Crippen LogP) is 2.26. The topological polar surface area (TPSA) is 171 Å². The molecular weight excluding hydrogens is 468 g/mol. The number of carbonyl (C=O) groups is 4. The first kappa shape index (κ1) is 28.0. The van der Waals surface area contributed by atoms with Gasteiger partial charge in [0.05, 0.1) is 24.0 Å². The van der Waals surface area contributed by atoms with Gasteiger partial charge in [-0.05, 0) is 25.0 Å². The van der Waals surface area contributed by atoms with Crippen LogP contribution in [0, 0.1) is 10.1 Å². The van der Waals surface area contributed by atoms with Gasteiger partial charge in [0.2, 0.25) is 17.7 Å². The van der Waals surface area contributed by atoms with Crippen LogP contribution in [-0.4, -0.2) is 41.3 Å². The molecule has 0 spiro atoms. The number of nitrogens with two attached hydrogens (primary N) is 1. The van der Waals surface area contributed by atoms with Crippen molar-refractivity contribution in [2.75, 3.05) is 6.61 Å². The van der Waals surface area contributed by atoms with Gasteiger partial charge in [-0.15, -0.1) is 0 Å². The molecule has 0 aromatic heterocycles. The van der Waals surface area contributed by atoms with E-state index in [0.29, 0.717) is 5.56 Å². The molecule has 0 radical (unpaired) electrons. The largest absolute Gasteiger partial charge is 0.466 e. The molecule has 192 valence electrons. The molecule has 0 aliphatic rings. The normalized spacial score (nSPS) is 13.1. The second-order valence-electron chi connectivity index (χ2n) is 8.11. The summed E-state index contributed by atoms with van der Waals surface area (Å²) in [5.74, 6) is -3.43. The fourth-order valence-corrected chi connectivity index (χ4v) is 3.65. The lowest BCUT2D eigenvalue weighted by Crippen LogP contribution is -2.49. The molecule has 0 heterocycles. The molecule has 0 bridgehead atoms. The van der Waals surface area contributed by atoms with Crippen molar-refractivity contribution in [1.82, 2.24) is 10.6 Å². The summed E-state index contributed by atoms with van der Waals surface area (Å²) in [5, 5.41) is 16.3. The molecule has 0 aliphatic carbocycles. The Labute approximate surface area is 208 Å². The average Bonchev–Trinajstić information content (AvgIpc) is 2.85. The van der Waals surface area contributed by atoms with Gasteiger partial charge in [0.1, 0.15) is 6.04 Å². The van der Waals surface area contributed by atoms with Crippen molar-refractivity contribution in [3.8, 4) is 0 Å². The molecule has 36 heavy (non-hydrogen) atoms. The maximum atomic E-state index is 12.6. The number of ether oxygens (including phenoxy) is 1. The van der Waals surface area contributed by atoms with Crippen molar-refractivity contribution >= 4 is 29.4 Å². The number of rotatable bonds is 13. The fourth-order valence-electron chi connectivity index (χ4n) is 3.65. The van der Waals surface area contributed by atoms with Crippen molar-refractivity contribution in [2.24, 2.45) is 5.73 Å². The van der Waals surface area contributed by atoms with E-state index in [1.165, 1.54) is 24.3 Å². The lowest BCUT2D eigenvalue weighted by molar-refractivity contribution is -0.384. The van der Waals surface area contributed by atoms with Crippen LogP contribution in [0.15, 0.2) is 54.6 Å². The molecule has 11 nitrogen and oxygen atoms in total. The zero-order valence-electron chi connectivity index (χ0n) is 20.1. The molecule has 3 atom stereocenters. The van der Waals surface area contributed by atoms with Gasteiger partial charge in [-0.2, -0.15) is 0 Å². The summed E-state index contributed by atoms with van der Waals surface area (Å²) < 4.78 is 4.98. The van der Waals surface area contributed by atoms with Crippen molar-refractivity contribution in [3.05, 3.63) is 75.8 Å². The van der Waals surface area contributed by atoms with Crippen LogP contribution in [0.3, 0.4) is 0 Å². The monoisotopic (exact) mass is 498 g/mol. The standard InChI is InChI=1S/C25H30N4O7/c1-3-36-23(32)15-20(18-9-11-19(12-10-18)29(34)35)24(25(26)33)28-22(31)14-13-21(30)27-16(2)17-7-5-4-6-8-17/h4-12,16,20,24H,3,13-15H2,1-2H3,(H2,26,33)(H,27,30)(H,28,31)/t16-,20-,24+/m1/s1. The highest BCUT2D eigenvalue weighted by Gasteiger charge is 2.32. The molecule has 0 saturated heterocycles. The van der Waals surface area contributed by atoms with Crippen LogP contribution in [0.1, 0.15) is 56.2 Å². The van der Waals surface area contributed by atoms with E-state index in [4.69, 9.17) is 10.5 Å². The fraction of sp³-hybridized carbons (Fsp3) is 0.360. The number of hydrogen-bond acceptors (Lipinski definition) is 7. The zero-order chi connectivity index (χ0) is 26.7. The minimum atomic E-state index is -1.31. The number of non-ortho nitro benzene ring substituents is 1. The summed E-state index contributed by atoms with van der Waals surface area (Å²) in [6.45, 7) is 3.55. The molecule has 11 heteroatoms. The number of nitrogens with one attached hydrogen (secondary N) is 2. The van der Waals surface area contributed by atoms with Gasteiger partial charge in [-0.3, -0.25) is 29.3 Å². The molecule has 2 aromatic rings. The lowest BCUT2D eigenvalue weighted by atomic mass is 9.87. The molecule has 2 rings (SSSR count). The van der Waals surface area contributed by atoms with E-state index in [2.05, 4.69) is 10.6 Å². The number of amides is 3. The first-order valence-electron chi connectivity index (χ1n) is 11.4. The van der Waals surface area contributed by atoms with E-state index in [-0.39, 0.29) is 43.5 Å². The Morgan fingerprint density at radius 2 is 1.53 bits per heavy atom. The summed E-state index contributed by atoms with van der Waals surface area (Å²) in [6.07, 6.45) is -0.646. The molecule has 0 aliphatic heterocycles. The maximum absolute atomic E-state index is 12.6. The molecule has 0 fully saturated rings. The van der Waals surface area contributed by atoms with E-state index >= 15 is 0 Å². The predicted molar refractivity (Wildman–Crippen MR) is 130 cm³/mol. The second-order valence-corrected chi connectivity index (χ2v) is 8.11. The van der Waals surface area contributed by atoms with Gasteiger partial charge >= 0.3 is 5.97 Å². The summed E-state index contributed by atoms with van der Waals surface area (Å²) in [6, 6.07) is 13.0. The van der Waals surface area contributed by atoms with Gasteiger partial charge in [0.15, 0.2) is 0 Å². The SMILES string of the molecule is CCOC(=O)C[C@H](c1ccc([N+](=O)[O-])cc1)[C@H](NC(=O)CCC(=O)N[C@H](C)c1ccccc1)C(N)=O. The smallest absolute Gasteiger partial charge is 0.306 e. The van der Waals surface area contributed by atoms with Crippen molar-refractivity contribution in [2.45, 2.75) is 51.1 Å². The first-order chi connectivity index (χ1) is 17.1. The summed E-state index contributed by atoms with van der Waals surface area (Å²) in [7, 11) is 0. The second kappa shape index (κ2) is 13.6. The molecule has 2 aromatic carbocycles. The third-order valence-electron chi connectivity index (χ3n) is 5.51.